The maximum atomic E-state index is 2.48. The molecule has 0 aromatic heterocycles. The number of rotatable bonds is 5. The second kappa shape index (κ2) is 5.19. The minimum absolute atomic E-state index is 0.910. The summed E-state index contributed by atoms with van der Waals surface area (Å²) in [5, 5.41) is 0. The van der Waals surface area contributed by atoms with Crippen LogP contribution in [0.5, 0.6) is 0 Å². The fourth-order valence-electron chi connectivity index (χ4n) is 3.19. The van der Waals surface area contributed by atoms with E-state index in [1.165, 1.54) is 25.7 Å². The van der Waals surface area contributed by atoms with Gasteiger partial charge in [-0.15, -0.1) is 0 Å². The Morgan fingerprint density at radius 3 is 2.00 bits per heavy atom. The Morgan fingerprint density at radius 2 is 1.71 bits per heavy atom. The Labute approximate surface area is 90.5 Å². The van der Waals surface area contributed by atoms with Crippen molar-refractivity contribution in [3.8, 4) is 0 Å². The third kappa shape index (κ3) is 2.32. The van der Waals surface area contributed by atoms with E-state index in [4.69, 9.17) is 0 Å². The molecule has 0 nitrogen and oxygen atoms in total. The molecule has 0 radical (unpaired) electrons. The van der Waals surface area contributed by atoms with Crippen LogP contribution in [0.4, 0.5) is 0 Å². The molecule has 0 N–H and O–H groups in total. The van der Waals surface area contributed by atoms with Crippen molar-refractivity contribution in [2.24, 2.45) is 29.6 Å². The second-order valence-electron chi connectivity index (χ2n) is 5.54. The molecule has 0 amide bonds. The van der Waals surface area contributed by atoms with E-state index < -0.39 is 0 Å². The summed E-state index contributed by atoms with van der Waals surface area (Å²) >= 11 is 0. The lowest BCUT2D eigenvalue weighted by Gasteiger charge is -2.44. The van der Waals surface area contributed by atoms with Gasteiger partial charge in [0.1, 0.15) is 0 Å². The summed E-state index contributed by atoms with van der Waals surface area (Å²) in [7, 11) is 0. The van der Waals surface area contributed by atoms with Gasteiger partial charge in [-0.1, -0.05) is 53.9 Å². The van der Waals surface area contributed by atoms with E-state index in [0.717, 1.165) is 29.6 Å². The molecule has 0 heteroatoms. The van der Waals surface area contributed by atoms with E-state index in [9.17, 15) is 0 Å². The fourth-order valence-corrected chi connectivity index (χ4v) is 3.19. The highest BCUT2D eigenvalue weighted by molar-refractivity contribution is 4.86. The second-order valence-corrected chi connectivity index (χ2v) is 5.54. The molecule has 0 spiro atoms. The molecule has 1 rings (SSSR count). The molecule has 1 aliphatic rings. The third-order valence-electron chi connectivity index (χ3n) is 4.92. The Bertz CT molecular complexity index is 161. The minimum Gasteiger partial charge on any atom is -0.0651 e. The Balaban J connectivity index is 2.52. The van der Waals surface area contributed by atoms with Gasteiger partial charge < -0.3 is 0 Å². The van der Waals surface area contributed by atoms with Gasteiger partial charge in [0.15, 0.2) is 0 Å². The lowest BCUT2D eigenvalue weighted by Crippen LogP contribution is -2.35. The molecule has 1 aliphatic carbocycles. The van der Waals surface area contributed by atoms with Crippen molar-refractivity contribution < 1.29 is 0 Å². The van der Waals surface area contributed by atoms with Crippen LogP contribution < -0.4 is 0 Å². The molecular weight excluding hydrogens is 168 g/mol. The van der Waals surface area contributed by atoms with Crippen molar-refractivity contribution in [1.29, 1.82) is 0 Å². The van der Waals surface area contributed by atoms with Crippen LogP contribution in [0.25, 0.3) is 0 Å². The molecule has 0 aromatic carbocycles. The van der Waals surface area contributed by atoms with Crippen LogP contribution in [0.15, 0.2) is 0 Å². The van der Waals surface area contributed by atoms with Gasteiger partial charge in [-0.05, 0) is 36.0 Å². The van der Waals surface area contributed by atoms with E-state index >= 15 is 0 Å². The van der Waals surface area contributed by atoms with E-state index in [1.807, 2.05) is 0 Å². The van der Waals surface area contributed by atoms with Crippen LogP contribution in [-0.4, -0.2) is 0 Å². The van der Waals surface area contributed by atoms with E-state index in [0.29, 0.717) is 0 Å². The molecular formula is C14H28. The maximum absolute atomic E-state index is 2.48. The SMILES string of the molecule is CCC(C)C(C)C(CC)C1CCC1C. The van der Waals surface area contributed by atoms with Crippen molar-refractivity contribution in [3.05, 3.63) is 0 Å². The van der Waals surface area contributed by atoms with Crippen LogP contribution in [0.1, 0.15) is 60.3 Å². The van der Waals surface area contributed by atoms with Gasteiger partial charge in [0.05, 0.1) is 0 Å². The smallest absolute Gasteiger partial charge is 0.0357 e. The van der Waals surface area contributed by atoms with Gasteiger partial charge in [-0.25, -0.2) is 0 Å². The van der Waals surface area contributed by atoms with Crippen molar-refractivity contribution in [2.45, 2.75) is 60.3 Å². The first kappa shape index (κ1) is 12.1. The third-order valence-corrected chi connectivity index (χ3v) is 4.92. The van der Waals surface area contributed by atoms with Crippen LogP contribution in [-0.2, 0) is 0 Å². The first-order valence-corrected chi connectivity index (χ1v) is 6.61. The molecule has 14 heavy (non-hydrogen) atoms. The highest BCUT2D eigenvalue weighted by atomic mass is 14.4. The summed E-state index contributed by atoms with van der Waals surface area (Å²) in [5.41, 5.74) is 0. The maximum Gasteiger partial charge on any atom is -0.0357 e. The highest BCUT2D eigenvalue weighted by Crippen LogP contribution is 2.45. The Morgan fingerprint density at radius 1 is 1.07 bits per heavy atom. The minimum atomic E-state index is 0.910. The van der Waals surface area contributed by atoms with Crippen LogP contribution in [0, 0.1) is 29.6 Å². The highest BCUT2D eigenvalue weighted by Gasteiger charge is 2.36. The Hall–Kier alpha value is 0. The van der Waals surface area contributed by atoms with E-state index in [-0.39, 0.29) is 0 Å². The van der Waals surface area contributed by atoms with Crippen molar-refractivity contribution >= 4 is 0 Å². The first-order chi connectivity index (χ1) is 6.61. The first-order valence-electron chi connectivity index (χ1n) is 6.61. The topological polar surface area (TPSA) is 0 Å². The molecule has 0 saturated heterocycles. The zero-order valence-electron chi connectivity index (χ0n) is 10.7. The summed E-state index contributed by atoms with van der Waals surface area (Å²) in [6.45, 7) is 12.1. The summed E-state index contributed by atoms with van der Waals surface area (Å²) in [6, 6.07) is 0. The van der Waals surface area contributed by atoms with Gasteiger partial charge in [-0.3, -0.25) is 0 Å². The Kier molecular flexibility index (Phi) is 4.47. The molecule has 1 fully saturated rings. The van der Waals surface area contributed by atoms with Gasteiger partial charge in [0, 0.05) is 0 Å². The van der Waals surface area contributed by atoms with Crippen LogP contribution in [0.3, 0.4) is 0 Å². The molecule has 5 atom stereocenters. The van der Waals surface area contributed by atoms with Gasteiger partial charge in [0.25, 0.3) is 0 Å². The molecule has 0 heterocycles. The lowest BCUT2D eigenvalue weighted by molar-refractivity contribution is 0.0601. The molecule has 0 bridgehead atoms. The van der Waals surface area contributed by atoms with Gasteiger partial charge in [-0.2, -0.15) is 0 Å². The quantitative estimate of drug-likeness (QED) is 0.595. The largest absolute Gasteiger partial charge is 0.0651 e. The standard InChI is InChI=1S/C14H28/c1-6-10(3)12(5)13(7-2)14-9-8-11(14)4/h10-14H,6-9H2,1-5H3. The average Bonchev–Trinajstić information content (AvgIpc) is 2.20. The summed E-state index contributed by atoms with van der Waals surface area (Å²) in [4.78, 5) is 0. The average molecular weight is 196 g/mol. The fraction of sp³-hybridized carbons (Fsp3) is 1.00. The zero-order chi connectivity index (χ0) is 10.7. The summed E-state index contributed by atoms with van der Waals surface area (Å²) < 4.78 is 0. The summed E-state index contributed by atoms with van der Waals surface area (Å²) in [6.07, 6.45) is 5.72. The van der Waals surface area contributed by atoms with Gasteiger partial charge in [0.2, 0.25) is 0 Å². The van der Waals surface area contributed by atoms with E-state index in [2.05, 4.69) is 34.6 Å². The molecule has 5 unspecified atom stereocenters. The van der Waals surface area contributed by atoms with Crippen molar-refractivity contribution in [3.63, 3.8) is 0 Å². The lowest BCUT2D eigenvalue weighted by atomic mass is 9.62. The van der Waals surface area contributed by atoms with Crippen molar-refractivity contribution in [2.75, 3.05) is 0 Å². The predicted molar refractivity (Wildman–Crippen MR) is 64.3 cm³/mol. The van der Waals surface area contributed by atoms with E-state index in [1.54, 1.807) is 0 Å². The zero-order valence-corrected chi connectivity index (χ0v) is 10.7. The summed E-state index contributed by atoms with van der Waals surface area (Å²) in [5.74, 6) is 4.88. The van der Waals surface area contributed by atoms with Crippen LogP contribution >= 0.6 is 0 Å². The normalized spacial score (nSPS) is 33.2. The van der Waals surface area contributed by atoms with Crippen molar-refractivity contribution in [1.82, 2.24) is 0 Å². The number of hydrogen-bond acceptors (Lipinski definition) is 0. The monoisotopic (exact) mass is 196 g/mol. The molecule has 1 saturated carbocycles. The predicted octanol–water partition coefficient (Wildman–Crippen LogP) is 4.74. The number of hydrogen-bond donors (Lipinski definition) is 0. The molecule has 84 valence electrons. The van der Waals surface area contributed by atoms with Crippen LogP contribution in [0.2, 0.25) is 0 Å². The molecule has 0 aromatic rings. The molecule has 0 aliphatic heterocycles. The van der Waals surface area contributed by atoms with Gasteiger partial charge >= 0.3 is 0 Å².